The van der Waals surface area contributed by atoms with Gasteiger partial charge in [0.05, 0.1) is 5.92 Å². The van der Waals surface area contributed by atoms with Crippen molar-refractivity contribution in [3.63, 3.8) is 0 Å². The van der Waals surface area contributed by atoms with Crippen molar-refractivity contribution in [3.8, 4) is 5.75 Å². The Balaban J connectivity index is 1.76. The van der Waals surface area contributed by atoms with Crippen LogP contribution in [0.2, 0.25) is 0 Å². The van der Waals surface area contributed by atoms with Crippen LogP contribution in [0.1, 0.15) is 6.92 Å². The first-order valence-corrected chi connectivity index (χ1v) is 7.19. The van der Waals surface area contributed by atoms with Crippen molar-refractivity contribution in [1.29, 1.82) is 0 Å². The maximum absolute atomic E-state index is 11.0. The van der Waals surface area contributed by atoms with Gasteiger partial charge in [-0.25, -0.2) is 0 Å². The predicted molar refractivity (Wildman–Crippen MR) is 76.4 cm³/mol. The number of ether oxygens (including phenoxy) is 1. The highest BCUT2D eigenvalue weighted by atomic mass is 79.9. The van der Waals surface area contributed by atoms with Gasteiger partial charge in [0.25, 0.3) is 0 Å². The summed E-state index contributed by atoms with van der Waals surface area (Å²) in [5.74, 6) is 0.105. The number of hydrogen-bond acceptors (Lipinski definition) is 3. The fraction of sp³-hybridized carbons (Fsp3) is 0.500. The number of carboxylic acid groups (broad SMARTS) is 1. The van der Waals surface area contributed by atoms with E-state index in [1.807, 2.05) is 31.2 Å². The molecule has 1 aliphatic rings. The summed E-state index contributed by atoms with van der Waals surface area (Å²) in [6.45, 7) is 4.79. The molecule has 104 valence electrons. The lowest BCUT2D eigenvalue weighted by Crippen LogP contribution is -2.27. The molecule has 19 heavy (non-hydrogen) atoms. The van der Waals surface area contributed by atoms with E-state index in [9.17, 15) is 4.79 Å². The molecule has 2 atom stereocenters. The van der Waals surface area contributed by atoms with Gasteiger partial charge in [0.1, 0.15) is 12.4 Å². The maximum Gasteiger partial charge on any atom is 0.308 e. The Morgan fingerprint density at radius 1 is 1.53 bits per heavy atom. The Labute approximate surface area is 121 Å². The summed E-state index contributed by atoms with van der Waals surface area (Å²) >= 11 is 3.40. The molecule has 4 nitrogen and oxygen atoms in total. The van der Waals surface area contributed by atoms with Crippen LogP contribution in [0.5, 0.6) is 5.75 Å². The number of carbonyl (C=O) groups is 1. The van der Waals surface area contributed by atoms with Crippen LogP contribution in [-0.4, -0.2) is 42.2 Å². The van der Waals surface area contributed by atoms with E-state index < -0.39 is 5.97 Å². The molecule has 5 heteroatoms. The smallest absolute Gasteiger partial charge is 0.308 e. The van der Waals surface area contributed by atoms with E-state index in [1.165, 1.54) is 0 Å². The lowest BCUT2D eigenvalue weighted by atomic mass is 9.99. The Hall–Kier alpha value is -1.07. The summed E-state index contributed by atoms with van der Waals surface area (Å²) in [4.78, 5) is 13.2. The number of benzene rings is 1. The molecule has 0 saturated carbocycles. The standard InChI is InChI=1S/C14H18BrNO3/c1-10-8-16(9-13(10)14(17)18)5-6-19-12-4-2-3-11(15)7-12/h2-4,7,10,13H,5-6,8-9H2,1H3,(H,17,18). The van der Waals surface area contributed by atoms with Crippen LogP contribution in [0, 0.1) is 11.8 Å². The molecule has 1 aromatic carbocycles. The van der Waals surface area contributed by atoms with E-state index in [0.717, 1.165) is 23.3 Å². The minimum absolute atomic E-state index is 0.211. The second-order valence-electron chi connectivity index (χ2n) is 4.99. The van der Waals surface area contributed by atoms with Gasteiger partial charge in [-0.1, -0.05) is 28.9 Å². The van der Waals surface area contributed by atoms with Gasteiger partial charge in [-0.3, -0.25) is 9.69 Å². The SMILES string of the molecule is CC1CN(CCOc2cccc(Br)c2)CC1C(=O)O. The molecule has 2 unspecified atom stereocenters. The molecule has 1 heterocycles. The molecule has 0 radical (unpaired) electrons. The number of likely N-dealkylation sites (tertiary alicyclic amines) is 1. The fourth-order valence-electron chi connectivity index (χ4n) is 2.42. The highest BCUT2D eigenvalue weighted by Gasteiger charge is 2.34. The van der Waals surface area contributed by atoms with Gasteiger partial charge in [0.15, 0.2) is 0 Å². The second-order valence-corrected chi connectivity index (χ2v) is 5.90. The average Bonchev–Trinajstić information content (AvgIpc) is 2.71. The first-order chi connectivity index (χ1) is 9.06. The third kappa shape index (κ3) is 3.94. The first kappa shape index (κ1) is 14.3. The van der Waals surface area contributed by atoms with Crippen LogP contribution in [0.15, 0.2) is 28.7 Å². The van der Waals surface area contributed by atoms with Crippen molar-refractivity contribution in [2.75, 3.05) is 26.2 Å². The van der Waals surface area contributed by atoms with Crippen molar-refractivity contribution in [2.24, 2.45) is 11.8 Å². The van der Waals surface area contributed by atoms with Crippen LogP contribution in [-0.2, 0) is 4.79 Å². The van der Waals surface area contributed by atoms with Gasteiger partial charge in [-0.2, -0.15) is 0 Å². The summed E-state index contributed by atoms with van der Waals surface area (Å²) in [6, 6.07) is 7.72. The molecule has 0 aliphatic carbocycles. The lowest BCUT2D eigenvalue weighted by molar-refractivity contribution is -0.142. The fourth-order valence-corrected chi connectivity index (χ4v) is 2.80. The van der Waals surface area contributed by atoms with Gasteiger partial charge in [-0.05, 0) is 24.1 Å². The van der Waals surface area contributed by atoms with Crippen LogP contribution >= 0.6 is 15.9 Å². The molecule has 2 rings (SSSR count). The number of halogens is 1. The maximum atomic E-state index is 11.0. The zero-order chi connectivity index (χ0) is 13.8. The number of nitrogens with zero attached hydrogens (tertiary/aromatic N) is 1. The quantitative estimate of drug-likeness (QED) is 0.902. The van der Waals surface area contributed by atoms with Crippen molar-refractivity contribution in [3.05, 3.63) is 28.7 Å². The molecule has 1 aliphatic heterocycles. The lowest BCUT2D eigenvalue weighted by Gasteiger charge is -2.15. The third-order valence-electron chi connectivity index (χ3n) is 3.48. The molecule has 0 spiro atoms. The summed E-state index contributed by atoms with van der Waals surface area (Å²) in [7, 11) is 0. The topological polar surface area (TPSA) is 49.8 Å². The summed E-state index contributed by atoms with van der Waals surface area (Å²) < 4.78 is 6.65. The van der Waals surface area contributed by atoms with Gasteiger partial charge in [-0.15, -0.1) is 0 Å². The average molecular weight is 328 g/mol. The Morgan fingerprint density at radius 2 is 2.32 bits per heavy atom. The van der Waals surface area contributed by atoms with E-state index in [0.29, 0.717) is 13.2 Å². The van der Waals surface area contributed by atoms with E-state index in [4.69, 9.17) is 9.84 Å². The Bertz CT molecular complexity index is 452. The second kappa shape index (κ2) is 6.39. The summed E-state index contributed by atoms with van der Waals surface area (Å²) in [5, 5.41) is 9.07. The predicted octanol–water partition coefficient (Wildman–Crippen LogP) is 2.48. The highest BCUT2D eigenvalue weighted by Crippen LogP contribution is 2.23. The van der Waals surface area contributed by atoms with Crippen molar-refractivity contribution in [1.82, 2.24) is 4.90 Å². The Kier molecular flexibility index (Phi) is 4.82. The largest absolute Gasteiger partial charge is 0.492 e. The normalized spacial score (nSPS) is 23.5. The molecule has 1 N–H and O–H groups in total. The van der Waals surface area contributed by atoms with E-state index >= 15 is 0 Å². The van der Waals surface area contributed by atoms with Crippen molar-refractivity contribution < 1.29 is 14.6 Å². The van der Waals surface area contributed by atoms with Gasteiger partial charge < -0.3 is 9.84 Å². The Morgan fingerprint density at radius 3 is 2.95 bits per heavy atom. The molecule has 1 fully saturated rings. The van der Waals surface area contributed by atoms with Crippen molar-refractivity contribution in [2.45, 2.75) is 6.92 Å². The minimum atomic E-state index is -0.692. The summed E-state index contributed by atoms with van der Waals surface area (Å²) in [6.07, 6.45) is 0. The molecule has 0 bridgehead atoms. The van der Waals surface area contributed by atoms with Gasteiger partial charge in [0, 0.05) is 24.1 Å². The zero-order valence-corrected chi connectivity index (χ0v) is 12.5. The molecule has 0 aromatic heterocycles. The van der Waals surface area contributed by atoms with Crippen LogP contribution < -0.4 is 4.74 Å². The molecule has 1 saturated heterocycles. The van der Waals surface area contributed by atoms with Crippen LogP contribution in [0.4, 0.5) is 0 Å². The monoisotopic (exact) mass is 327 g/mol. The summed E-state index contributed by atoms with van der Waals surface area (Å²) in [5.41, 5.74) is 0. The molecule has 1 aromatic rings. The number of rotatable bonds is 5. The van der Waals surface area contributed by atoms with E-state index in [2.05, 4.69) is 20.8 Å². The van der Waals surface area contributed by atoms with E-state index in [1.54, 1.807) is 0 Å². The molecular formula is C14H18BrNO3. The van der Waals surface area contributed by atoms with Gasteiger partial charge >= 0.3 is 5.97 Å². The number of carboxylic acids is 1. The van der Waals surface area contributed by atoms with E-state index in [-0.39, 0.29) is 11.8 Å². The number of aliphatic carboxylic acids is 1. The third-order valence-corrected chi connectivity index (χ3v) is 3.97. The number of hydrogen-bond donors (Lipinski definition) is 1. The first-order valence-electron chi connectivity index (χ1n) is 6.40. The van der Waals surface area contributed by atoms with Crippen LogP contribution in [0.25, 0.3) is 0 Å². The highest BCUT2D eigenvalue weighted by molar-refractivity contribution is 9.10. The van der Waals surface area contributed by atoms with Crippen LogP contribution in [0.3, 0.4) is 0 Å². The minimum Gasteiger partial charge on any atom is -0.492 e. The molecule has 0 amide bonds. The van der Waals surface area contributed by atoms with Crippen molar-refractivity contribution >= 4 is 21.9 Å². The molecular weight excluding hydrogens is 310 g/mol. The van der Waals surface area contributed by atoms with Gasteiger partial charge in [0.2, 0.25) is 0 Å². The zero-order valence-electron chi connectivity index (χ0n) is 10.9.